The molecular formula is C11H15NO2. The van der Waals surface area contributed by atoms with Crippen molar-refractivity contribution in [3.05, 3.63) is 35.4 Å². The summed E-state index contributed by atoms with van der Waals surface area (Å²) in [5.41, 5.74) is 1.20. The molecule has 0 saturated heterocycles. The Balaban J connectivity index is 2.99. The Bertz CT molecular complexity index is 312. The average Bonchev–Trinajstić information content (AvgIpc) is 2.26. The molecule has 0 fully saturated rings. The highest BCUT2D eigenvalue weighted by atomic mass is 16.3. The van der Waals surface area contributed by atoms with Gasteiger partial charge in [-0.25, -0.2) is 0 Å². The van der Waals surface area contributed by atoms with Crippen molar-refractivity contribution in [3.63, 3.8) is 0 Å². The van der Waals surface area contributed by atoms with Gasteiger partial charge in [0.05, 0.1) is 0 Å². The quantitative estimate of drug-likeness (QED) is 0.581. The van der Waals surface area contributed by atoms with Gasteiger partial charge in [0, 0.05) is 11.1 Å². The van der Waals surface area contributed by atoms with Gasteiger partial charge in [-0.3, -0.25) is 9.69 Å². The first kappa shape index (κ1) is 10.9. The first-order valence-electron chi connectivity index (χ1n) is 4.63. The Hall–Kier alpha value is -1.19. The number of rotatable bonds is 4. The number of nitrogens with zero attached hydrogens (tertiary/aromatic N) is 1. The molecule has 3 heteroatoms. The van der Waals surface area contributed by atoms with E-state index in [-0.39, 0.29) is 0 Å². The Morgan fingerprint density at radius 2 is 2.14 bits per heavy atom. The first-order valence-corrected chi connectivity index (χ1v) is 4.63. The minimum Gasteiger partial charge on any atom is -0.374 e. The van der Waals surface area contributed by atoms with Crippen LogP contribution in [0.2, 0.25) is 0 Å². The van der Waals surface area contributed by atoms with Crippen molar-refractivity contribution in [2.75, 3.05) is 13.6 Å². The van der Waals surface area contributed by atoms with E-state index in [1.54, 1.807) is 23.1 Å². The SMILES string of the molecule is CCN(C)C(O)c1ccccc1C=O. The zero-order valence-corrected chi connectivity index (χ0v) is 8.47. The van der Waals surface area contributed by atoms with Gasteiger partial charge in [-0.1, -0.05) is 31.2 Å². The van der Waals surface area contributed by atoms with E-state index in [1.165, 1.54) is 0 Å². The highest BCUT2D eigenvalue weighted by Gasteiger charge is 2.14. The molecule has 1 rings (SSSR count). The minimum atomic E-state index is -0.707. The second-order valence-electron chi connectivity index (χ2n) is 3.19. The Morgan fingerprint density at radius 3 is 2.71 bits per heavy atom. The number of carbonyl (C=O) groups excluding carboxylic acids is 1. The second kappa shape index (κ2) is 4.88. The lowest BCUT2D eigenvalue weighted by atomic mass is 10.1. The number of benzene rings is 1. The molecule has 0 saturated carbocycles. The van der Waals surface area contributed by atoms with Gasteiger partial charge in [0.25, 0.3) is 0 Å². The van der Waals surface area contributed by atoms with E-state index in [9.17, 15) is 9.90 Å². The van der Waals surface area contributed by atoms with Crippen LogP contribution in [0.4, 0.5) is 0 Å². The molecule has 0 spiro atoms. The van der Waals surface area contributed by atoms with Crippen LogP contribution in [0.25, 0.3) is 0 Å². The van der Waals surface area contributed by atoms with E-state index in [0.29, 0.717) is 11.1 Å². The number of aliphatic hydroxyl groups is 1. The highest BCUT2D eigenvalue weighted by molar-refractivity contribution is 5.77. The maximum absolute atomic E-state index is 10.7. The third kappa shape index (κ3) is 2.19. The lowest BCUT2D eigenvalue weighted by molar-refractivity contribution is 0.0240. The average molecular weight is 193 g/mol. The number of hydrogen-bond acceptors (Lipinski definition) is 3. The molecule has 0 aliphatic carbocycles. The molecule has 1 aromatic rings. The van der Waals surface area contributed by atoms with Crippen molar-refractivity contribution in [2.45, 2.75) is 13.2 Å². The van der Waals surface area contributed by atoms with Crippen molar-refractivity contribution >= 4 is 6.29 Å². The smallest absolute Gasteiger partial charge is 0.150 e. The molecule has 0 radical (unpaired) electrons. The summed E-state index contributed by atoms with van der Waals surface area (Å²) in [4.78, 5) is 12.5. The molecule has 0 amide bonds. The normalized spacial score (nSPS) is 12.9. The van der Waals surface area contributed by atoms with Crippen LogP contribution in [0.5, 0.6) is 0 Å². The van der Waals surface area contributed by atoms with E-state index in [2.05, 4.69) is 0 Å². The molecule has 0 aliphatic heterocycles. The molecule has 0 bridgehead atoms. The third-order valence-electron chi connectivity index (χ3n) is 2.32. The summed E-state index contributed by atoms with van der Waals surface area (Å²) in [6.07, 6.45) is 0.0589. The Kier molecular flexibility index (Phi) is 3.80. The molecular weight excluding hydrogens is 178 g/mol. The highest BCUT2D eigenvalue weighted by Crippen LogP contribution is 2.18. The van der Waals surface area contributed by atoms with Crippen LogP contribution in [0, 0.1) is 0 Å². The zero-order valence-electron chi connectivity index (χ0n) is 8.47. The van der Waals surface area contributed by atoms with Crippen LogP contribution >= 0.6 is 0 Å². The van der Waals surface area contributed by atoms with E-state index in [1.807, 2.05) is 20.0 Å². The van der Waals surface area contributed by atoms with Gasteiger partial charge in [-0.15, -0.1) is 0 Å². The standard InChI is InChI=1S/C11H15NO2/c1-3-12(2)11(14)10-7-5-4-6-9(10)8-13/h4-8,11,14H,3H2,1-2H3. The first-order chi connectivity index (χ1) is 6.70. The fraction of sp³-hybridized carbons (Fsp3) is 0.364. The van der Waals surface area contributed by atoms with Crippen LogP contribution in [0.15, 0.2) is 24.3 Å². The number of hydrogen-bond donors (Lipinski definition) is 1. The van der Waals surface area contributed by atoms with Crippen LogP contribution in [0.1, 0.15) is 29.1 Å². The lowest BCUT2D eigenvalue weighted by Gasteiger charge is -2.22. The molecule has 0 aliphatic rings. The molecule has 3 nitrogen and oxygen atoms in total. The summed E-state index contributed by atoms with van der Waals surface area (Å²) < 4.78 is 0. The molecule has 1 atom stereocenters. The summed E-state index contributed by atoms with van der Waals surface area (Å²) >= 11 is 0. The monoisotopic (exact) mass is 193 g/mol. The van der Waals surface area contributed by atoms with E-state index in [0.717, 1.165) is 12.8 Å². The van der Waals surface area contributed by atoms with Crippen LogP contribution in [-0.2, 0) is 0 Å². The molecule has 1 unspecified atom stereocenters. The van der Waals surface area contributed by atoms with Crippen LogP contribution < -0.4 is 0 Å². The van der Waals surface area contributed by atoms with Gasteiger partial charge in [0.2, 0.25) is 0 Å². The van der Waals surface area contributed by atoms with E-state index >= 15 is 0 Å². The van der Waals surface area contributed by atoms with Crippen molar-refractivity contribution in [2.24, 2.45) is 0 Å². The largest absolute Gasteiger partial charge is 0.374 e. The van der Waals surface area contributed by atoms with Crippen molar-refractivity contribution < 1.29 is 9.90 Å². The second-order valence-corrected chi connectivity index (χ2v) is 3.19. The summed E-state index contributed by atoms with van der Waals surface area (Å²) in [5, 5.41) is 9.87. The number of carbonyl (C=O) groups is 1. The molecule has 1 N–H and O–H groups in total. The van der Waals surface area contributed by atoms with Crippen LogP contribution in [0.3, 0.4) is 0 Å². The lowest BCUT2D eigenvalue weighted by Crippen LogP contribution is -2.24. The van der Waals surface area contributed by atoms with Gasteiger partial charge >= 0.3 is 0 Å². The molecule has 0 aromatic heterocycles. The topological polar surface area (TPSA) is 40.5 Å². The third-order valence-corrected chi connectivity index (χ3v) is 2.32. The maximum atomic E-state index is 10.7. The van der Waals surface area contributed by atoms with Gasteiger partial charge in [-0.2, -0.15) is 0 Å². The fourth-order valence-corrected chi connectivity index (χ4v) is 1.26. The number of aliphatic hydroxyl groups excluding tert-OH is 1. The maximum Gasteiger partial charge on any atom is 0.150 e. The summed E-state index contributed by atoms with van der Waals surface area (Å²) in [6, 6.07) is 7.07. The molecule has 14 heavy (non-hydrogen) atoms. The molecule has 1 aromatic carbocycles. The van der Waals surface area contributed by atoms with E-state index < -0.39 is 6.23 Å². The van der Waals surface area contributed by atoms with E-state index in [4.69, 9.17) is 0 Å². The molecule has 0 heterocycles. The van der Waals surface area contributed by atoms with Crippen LogP contribution in [-0.4, -0.2) is 29.9 Å². The van der Waals surface area contributed by atoms with Crippen molar-refractivity contribution in [1.29, 1.82) is 0 Å². The van der Waals surface area contributed by atoms with Gasteiger partial charge < -0.3 is 5.11 Å². The Morgan fingerprint density at radius 1 is 1.50 bits per heavy atom. The molecule has 76 valence electrons. The Labute approximate surface area is 84.0 Å². The fourth-order valence-electron chi connectivity index (χ4n) is 1.26. The van der Waals surface area contributed by atoms with Crippen molar-refractivity contribution in [1.82, 2.24) is 4.90 Å². The van der Waals surface area contributed by atoms with Crippen molar-refractivity contribution in [3.8, 4) is 0 Å². The summed E-state index contributed by atoms with van der Waals surface area (Å²) in [5.74, 6) is 0. The predicted molar refractivity (Wildman–Crippen MR) is 55.1 cm³/mol. The predicted octanol–water partition coefficient (Wildman–Crippen LogP) is 1.44. The zero-order chi connectivity index (χ0) is 10.6. The van der Waals surface area contributed by atoms with Gasteiger partial charge in [-0.05, 0) is 13.6 Å². The summed E-state index contributed by atoms with van der Waals surface area (Å²) in [7, 11) is 1.81. The number of aldehydes is 1. The summed E-state index contributed by atoms with van der Waals surface area (Å²) in [6.45, 7) is 2.68. The van der Waals surface area contributed by atoms with Gasteiger partial charge in [0.1, 0.15) is 12.5 Å². The minimum absolute atomic E-state index is 0.542. The van der Waals surface area contributed by atoms with Gasteiger partial charge in [0.15, 0.2) is 0 Å².